The first-order valence-corrected chi connectivity index (χ1v) is 13.7. The molecule has 0 radical (unpaired) electrons. The molecular formula is C29H46N2O5. The summed E-state index contributed by atoms with van der Waals surface area (Å²) < 4.78 is 0. The molecule has 202 valence electrons. The second kappa shape index (κ2) is 10.4. The highest BCUT2D eigenvalue weighted by atomic mass is 16.2. The summed E-state index contributed by atoms with van der Waals surface area (Å²) in [7, 11) is 0. The Bertz CT molecular complexity index is 911. The number of nitrogens with one attached hydrogen (secondary N) is 1. The average Bonchev–Trinajstić information content (AvgIpc) is 3.06. The minimum absolute atomic E-state index is 0.00483. The van der Waals surface area contributed by atoms with E-state index in [1.165, 1.54) is 6.92 Å². The van der Waals surface area contributed by atoms with E-state index in [-0.39, 0.29) is 47.2 Å². The van der Waals surface area contributed by atoms with Gasteiger partial charge in [0, 0.05) is 32.2 Å². The van der Waals surface area contributed by atoms with Crippen LogP contribution in [0.2, 0.25) is 0 Å². The Labute approximate surface area is 216 Å². The summed E-state index contributed by atoms with van der Waals surface area (Å²) in [6.45, 7) is 15.8. The van der Waals surface area contributed by atoms with E-state index in [0.717, 1.165) is 19.3 Å². The van der Waals surface area contributed by atoms with Gasteiger partial charge in [0.25, 0.3) is 0 Å². The van der Waals surface area contributed by atoms with Crippen molar-refractivity contribution in [2.45, 2.75) is 106 Å². The largest absolute Gasteiger partial charge is 0.344 e. The van der Waals surface area contributed by atoms with Crippen LogP contribution < -0.4 is 5.32 Å². The van der Waals surface area contributed by atoms with Crippen molar-refractivity contribution in [1.82, 2.24) is 10.2 Å². The number of hydrogen-bond acceptors (Lipinski definition) is 5. The number of carbonyl (C=O) groups is 5. The number of likely N-dealkylation sites (tertiary alicyclic amines) is 1. The lowest BCUT2D eigenvalue weighted by atomic mass is 9.76. The third-order valence-electron chi connectivity index (χ3n) is 8.95. The summed E-state index contributed by atoms with van der Waals surface area (Å²) in [6.07, 6.45) is 4.17. The van der Waals surface area contributed by atoms with Gasteiger partial charge in [-0.1, -0.05) is 67.7 Å². The summed E-state index contributed by atoms with van der Waals surface area (Å²) in [5.74, 6) is -1.31. The second-order valence-electron chi connectivity index (χ2n) is 13.7. The lowest BCUT2D eigenvalue weighted by Gasteiger charge is -2.38. The van der Waals surface area contributed by atoms with Crippen molar-refractivity contribution in [3.63, 3.8) is 0 Å². The van der Waals surface area contributed by atoms with Gasteiger partial charge in [0.1, 0.15) is 11.8 Å². The van der Waals surface area contributed by atoms with Crippen LogP contribution in [0.15, 0.2) is 0 Å². The number of fused-ring (bicyclic) bond motifs is 1. The summed E-state index contributed by atoms with van der Waals surface area (Å²) in [6, 6.07) is -1.53. The van der Waals surface area contributed by atoms with Crippen LogP contribution in [0, 0.1) is 40.4 Å². The van der Waals surface area contributed by atoms with Crippen molar-refractivity contribution in [3.8, 4) is 0 Å². The van der Waals surface area contributed by atoms with Gasteiger partial charge in [-0.25, -0.2) is 0 Å². The molecule has 3 fully saturated rings. The Morgan fingerprint density at radius 2 is 1.64 bits per heavy atom. The van der Waals surface area contributed by atoms with E-state index in [2.05, 4.69) is 19.2 Å². The van der Waals surface area contributed by atoms with Gasteiger partial charge >= 0.3 is 0 Å². The third-order valence-corrected chi connectivity index (χ3v) is 8.95. The number of nitrogens with zero attached hydrogens (tertiary/aromatic N) is 1. The molecule has 3 aliphatic rings. The maximum absolute atomic E-state index is 13.9. The molecule has 1 heterocycles. The van der Waals surface area contributed by atoms with Crippen molar-refractivity contribution in [2.75, 3.05) is 6.54 Å². The summed E-state index contributed by atoms with van der Waals surface area (Å²) in [5.41, 5.74) is -0.512. The zero-order valence-electron chi connectivity index (χ0n) is 23.5. The van der Waals surface area contributed by atoms with Gasteiger partial charge < -0.3 is 10.2 Å². The maximum Gasteiger partial charge on any atom is 0.243 e. The predicted molar refractivity (Wildman–Crippen MR) is 138 cm³/mol. The van der Waals surface area contributed by atoms with E-state index in [1.807, 2.05) is 34.6 Å². The molecule has 5 atom stereocenters. The van der Waals surface area contributed by atoms with Crippen molar-refractivity contribution in [1.29, 1.82) is 0 Å². The van der Waals surface area contributed by atoms with E-state index < -0.39 is 35.0 Å². The molecule has 0 aromatic heterocycles. The van der Waals surface area contributed by atoms with Gasteiger partial charge in [-0.2, -0.15) is 0 Å². The van der Waals surface area contributed by atoms with E-state index in [0.29, 0.717) is 25.3 Å². The number of carbonyl (C=O) groups excluding carboxylic acids is 5. The van der Waals surface area contributed by atoms with Crippen LogP contribution in [0.25, 0.3) is 0 Å². The van der Waals surface area contributed by atoms with Crippen molar-refractivity contribution < 1.29 is 24.0 Å². The van der Waals surface area contributed by atoms with Crippen LogP contribution in [-0.4, -0.2) is 52.7 Å². The molecule has 3 rings (SSSR count). The van der Waals surface area contributed by atoms with Crippen LogP contribution >= 0.6 is 0 Å². The zero-order valence-corrected chi connectivity index (χ0v) is 23.5. The zero-order chi connectivity index (χ0) is 27.2. The number of piperidine rings is 1. The molecule has 36 heavy (non-hydrogen) atoms. The molecule has 2 saturated carbocycles. The Morgan fingerprint density at radius 3 is 2.11 bits per heavy atom. The van der Waals surface area contributed by atoms with Crippen LogP contribution in [0.3, 0.4) is 0 Å². The highest BCUT2D eigenvalue weighted by Crippen LogP contribution is 2.65. The van der Waals surface area contributed by atoms with E-state index in [1.54, 1.807) is 4.90 Å². The molecule has 2 amide bonds. The van der Waals surface area contributed by atoms with Gasteiger partial charge in [-0.3, -0.25) is 24.0 Å². The fraction of sp³-hybridized carbons (Fsp3) is 0.828. The van der Waals surface area contributed by atoms with Crippen molar-refractivity contribution in [2.24, 2.45) is 40.4 Å². The first-order valence-electron chi connectivity index (χ1n) is 13.7. The molecule has 0 aromatic carbocycles. The molecular weight excluding hydrogens is 456 g/mol. The normalized spacial score (nSPS) is 26.6. The average molecular weight is 503 g/mol. The van der Waals surface area contributed by atoms with Crippen LogP contribution in [-0.2, 0) is 24.0 Å². The first kappa shape index (κ1) is 28.5. The molecule has 7 nitrogen and oxygen atoms in total. The molecule has 0 aromatic rings. The van der Waals surface area contributed by atoms with Crippen molar-refractivity contribution in [3.05, 3.63) is 0 Å². The minimum atomic E-state index is -0.843. The standard InChI is InChI=1S/C29H46N2O5/c1-16(2)12-19(33)14-20(28(4,5)6)27(36)31-15-21-23(29(21,7)8)24(31)26(35)30-22(25(34)17(3)32)13-18-10-9-11-18/h16,18,20-24H,9-15H2,1-8H3,(H,30,35)/t20-,21?,22?,23?,24+/m1/s1. The Balaban J connectivity index is 1.83. The molecule has 3 unspecified atom stereocenters. The Kier molecular flexibility index (Phi) is 8.22. The van der Waals surface area contributed by atoms with Crippen LogP contribution in [0.1, 0.15) is 93.9 Å². The maximum atomic E-state index is 13.9. The van der Waals surface area contributed by atoms with Gasteiger partial charge in [0.15, 0.2) is 5.78 Å². The minimum Gasteiger partial charge on any atom is -0.344 e. The molecule has 0 bridgehead atoms. The van der Waals surface area contributed by atoms with Gasteiger partial charge in [0.05, 0.1) is 6.04 Å². The monoisotopic (exact) mass is 502 g/mol. The van der Waals surface area contributed by atoms with Gasteiger partial charge in [0.2, 0.25) is 17.6 Å². The Hall–Kier alpha value is -2.05. The van der Waals surface area contributed by atoms with Gasteiger partial charge in [-0.05, 0) is 40.9 Å². The Morgan fingerprint density at radius 1 is 1.03 bits per heavy atom. The summed E-state index contributed by atoms with van der Waals surface area (Å²) in [5, 5.41) is 2.89. The first-order chi connectivity index (χ1) is 16.6. The van der Waals surface area contributed by atoms with E-state index in [4.69, 9.17) is 0 Å². The van der Waals surface area contributed by atoms with E-state index in [9.17, 15) is 24.0 Å². The van der Waals surface area contributed by atoms with Crippen LogP contribution in [0.5, 0.6) is 0 Å². The number of rotatable bonds is 11. The highest BCUT2D eigenvalue weighted by Gasteiger charge is 2.69. The number of hydrogen-bond donors (Lipinski definition) is 1. The lowest BCUT2D eigenvalue weighted by molar-refractivity contribution is -0.148. The fourth-order valence-corrected chi connectivity index (χ4v) is 6.34. The molecule has 2 aliphatic carbocycles. The molecule has 1 saturated heterocycles. The van der Waals surface area contributed by atoms with Crippen molar-refractivity contribution >= 4 is 29.2 Å². The third kappa shape index (κ3) is 5.91. The molecule has 1 N–H and O–H groups in total. The van der Waals surface area contributed by atoms with Gasteiger partial charge in [-0.15, -0.1) is 0 Å². The number of amides is 2. The predicted octanol–water partition coefficient (Wildman–Crippen LogP) is 3.97. The number of ketones is 3. The van der Waals surface area contributed by atoms with Crippen LogP contribution in [0.4, 0.5) is 0 Å². The molecule has 1 aliphatic heterocycles. The summed E-state index contributed by atoms with van der Waals surface area (Å²) >= 11 is 0. The lowest BCUT2D eigenvalue weighted by Crippen LogP contribution is -2.56. The molecule has 7 heteroatoms. The quantitative estimate of drug-likeness (QED) is 0.431. The summed E-state index contributed by atoms with van der Waals surface area (Å²) in [4.78, 5) is 66.6. The smallest absolute Gasteiger partial charge is 0.243 e. The molecule has 0 spiro atoms. The highest BCUT2D eigenvalue weighted by molar-refractivity contribution is 6.38. The topological polar surface area (TPSA) is 101 Å². The fourth-order valence-electron chi connectivity index (χ4n) is 6.34. The number of Topliss-reactive ketones (excluding diaryl/α,β-unsaturated/α-hetero) is 3. The van der Waals surface area contributed by atoms with E-state index >= 15 is 0 Å². The second-order valence-corrected chi connectivity index (χ2v) is 13.7. The SMILES string of the molecule is CC(=O)C(=O)C(CC1CCC1)NC(=O)[C@@H]1C2C(CN1C(=O)[C@@H](CC(=O)CC(C)C)C(C)(C)C)C2(C)C.